The quantitative estimate of drug-likeness (QED) is 0.0292. The van der Waals surface area contributed by atoms with Crippen molar-refractivity contribution in [2.75, 3.05) is 41.0 Å². The van der Waals surface area contributed by atoms with Crippen molar-refractivity contribution >= 4 is 17.9 Å². The second-order valence-corrected chi connectivity index (χ2v) is 15.2. The Morgan fingerprint density at radius 2 is 1.04 bits per heavy atom. The predicted molar refractivity (Wildman–Crippen MR) is 220 cm³/mol. The summed E-state index contributed by atoms with van der Waals surface area (Å²) in [6, 6.07) is -0.618. The number of carboxylic acid groups (broad SMARTS) is 1. The number of aliphatic carboxylic acids is 1. The zero-order chi connectivity index (χ0) is 39.3. The Hall–Kier alpha value is -2.71. The van der Waals surface area contributed by atoms with E-state index < -0.39 is 18.1 Å². The number of carbonyl (C=O) groups excluding carboxylic acids is 2. The molecule has 53 heavy (non-hydrogen) atoms. The summed E-state index contributed by atoms with van der Waals surface area (Å²) in [4.78, 5) is 36.8. The lowest BCUT2D eigenvalue weighted by molar-refractivity contribution is -0.887. The number of hydrogen-bond donors (Lipinski definition) is 1. The van der Waals surface area contributed by atoms with Crippen molar-refractivity contribution in [1.29, 1.82) is 0 Å². The number of rotatable bonds is 37. The molecule has 0 saturated heterocycles. The van der Waals surface area contributed by atoms with Crippen molar-refractivity contribution in [3.8, 4) is 0 Å². The van der Waals surface area contributed by atoms with E-state index in [4.69, 9.17) is 14.2 Å². The Balaban J connectivity index is 4.37. The molecule has 2 unspecified atom stereocenters. The summed E-state index contributed by atoms with van der Waals surface area (Å²) in [5.41, 5.74) is 0. The molecule has 8 heteroatoms. The number of ether oxygens (including phenoxy) is 3. The molecule has 306 valence electrons. The fourth-order valence-electron chi connectivity index (χ4n) is 5.86. The average Bonchev–Trinajstić information content (AvgIpc) is 3.11. The van der Waals surface area contributed by atoms with E-state index in [2.05, 4.69) is 62.5 Å². The molecule has 0 aromatic carbocycles. The first-order valence-corrected chi connectivity index (χ1v) is 21.2. The highest BCUT2D eigenvalue weighted by atomic mass is 16.6. The summed E-state index contributed by atoms with van der Waals surface area (Å²) in [5, 5.41) is 9.60. The minimum Gasteiger partial charge on any atom is -0.477 e. The summed E-state index contributed by atoms with van der Waals surface area (Å²) >= 11 is 0. The van der Waals surface area contributed by atoms with Gasteiger partial charge in [-0.1, -0.05) is 127 Å². The minimum atomic E-state index is -0.880. The maximum absolute atomic E-state index is 12.7. The third-order valence-electron chi connectivity index (χ3n) is 9.18. The van der Waals surface area contributed by atoms with Gasteiger partial charge in [0.1, 0.15) is 6.61 Å². The molecule has 0 aromatic heterocycles. The molecule has 0 aromatic rings. The molecule has 0 aliphatic heterocycles. The normalized spacial score (nSPS) is 13.5. The summed E-state index contributed by atoms with van der Waals surface area (Å²) in [7, 11) is 5.51. The monoisotopic (exact) mass is 747 g/mol. The minimum absolute atomic E-state index is 0.0521. The highest BCUT2D eigenvalue weighted by molar-refractivity contribution is 5.72. The summed E-state index contributed by atoms with van der Waals surface area (Å²) in [5.74, 6) is -1.50. The average molecular weight is 747 g/mol. The second-order valence-electron chi connectivity index (χ2n) is 15.2. The molecule has 0 aliphatic carbocycles. The van der Waals surface area contributed by atoms with Gasteiger partial charge in [-0.15, -0.1) is 0 Å². The molecule has 0 radical (unpaired) electrons. The number of carboxylic acids is 1. The molecule has 0 spiro atoms. The van der Waals surface area contributed by atoms with Crippen LogP contribution in [0, 0.1) is 0 Å². The largest absolute Gasteiger partial charge is 0.477 e. The molecule has 0 amide bonds. The molecule has 2 atom stereocenters. The van der Waals surface area contributed by atoms with E-state index in [1.165, 1.54) is 51.4 Å². The number of unbranched alkanes of at least 4 members (excludes halogenated alkanes) is 15. The third-order valence-corrected chi connectivity index (χ3v) is 9.18. The molecule has 0 rings (SSSR count). The number of hydrogen-bond acceptors (Lipinski definition) is 6. The van der Waals surface area contributed by atoms with Crippen LogP contribution in [0.25, 0.3) is 0 Å². The Kier molecular flexibility index (Phi) is 34.4. The highest BCUT2D eigenvalue weighted by Crippen LogP contribution is 2.13. The number of nitrogens with zero attached hydrogens (tertiary/aromatic N) is 1. The predicted octanol–water partition coefficient (Wildman–Crippen LogP) is 11.2. The fourth-order valence-corrected chi connectivity index (χ4v) is 5.86. The molecule has 1 N–H and O–H groups in total. The van der Waals surface area contributed by atoms with E-state index in [1.807, 2.05) is 21.1 Å². The van der Waals surface area contributed by atoms with Crippen LogP contribution in [-0.4, -0.2) is 80.6 Å². The smallest absolute Gasteiger partial charge is 0.362 e. The van der Waals surface area contributed by atoms with E-state index in [1.54, 1.807) is 0 Å². The van der Waals surface area contributed by atoms with E-state index in [0.29, 0.717) is 19.3 Å². The molecule has 0 fully saturated rings. The van der Waals surface area contributed by atoms with Crippen LogP contribution in [-0.2, 0) is 28.6 Å². The summed E-state index contributed by atoms with van der Waals surface area (Å²) in [6.45, 7) is 4.61. The van der Waals surface area contributed by atoms with Crippen LogP contribution in [0.4, 0.5) is 0 Å². The van der Waals surface area contributed by atoms with Crippen molar-refractivity contribution in [3.05, 3.63) is 48.6 Å². The Bertz CT molecular complexity index is 1010. The standard InChI is InChI=1S/C45H79NO7/c1-6-8-10-12-14-16-18-19-20-21-22-23-24-25-26-28-30-32-34-36-44(48)53-41(39-51-38-37-42(45(49)50)46(3,4)5)40-52-43(47)35-33-31-29-27-17-15-13-11-9-7-2/h11,13-14,16,19-20,22-23,41-42H,6-10,12,15,17-18,21,24-40H2,1-5H3/p+1/b13-11-,16-14-,20-19-,23-22-. The van der Waals surface area contributed by atoms with Gasteiger partial charge in [-0.3, -0.25) is 9.59 Å². The maximum atomic E-state index is 12.7. The van der Waals surface area contributed by atoms with Crippen molar-refractivity contribution in [2.45, 2.75) is 180 Å². The Morgan fingerprint density at radius 3 is 1.57 bits per heavy atom. The van der Waals surface area contributed by atoms with Crippen LogP contribution in [0.2, 0.25) is 0 Å². The lowest BCUT2D eigenvalue weighted by Crippen LogP contribution is -2.50. The van der Waals surface area contributed by atoms with Crippen LogP contribution >= 0.6 is 0 Å². The van der Waals surface area contributed by atoms with Gasteiger partial charge in [-0.05, 0) is 70.6 Å². The van der Waals surface area contributed by atoms with Gasteiger partial charge in [0.05, 0.1) is 34.4 Å². The van der Waals surface area contributed by atoms with E-state index in [-0.39, 0.29) is 36.2 Å². The topological polar surface area (TPSA) is 99.1 Å². The van der Waals surface area contributed by atoms with Crippen molar-refractivity contribution in [3.63, 3.8) is 0 Å². The van der Waals surface area contributed by atoms with Crippen LogP contribution in [0.3, 0.4) is 0 Å². The van der Waals surface area contributed by atoms with Gasteiger partial charge in [-0.2, -0.15) is 0 Å². The van der Waals surface area contributed by atoms with Gasteiger partial charge in [0, 0.05) is 19.3 Å². The summed E-state index contributed by atoms with van der Waals surface area (Å²) in [6.07, 6.45) is 41.5. The van der Waals surface area contributed by atoms with Crippen molar-refractivity contribution < 1.29 is 38.2 Å². The molecule has 0 aliphatic rings. The highest BCUT2D eigenvalue weighted by Gasteiger charge is 2.31. The van der Waals surface area contributed by atoms with Crippen LogP contribution in [0.5, 0.6) is 0 Å². The van der Waals surface area contributed by atoms with Gasteiger partial charge in [0.25, 0.3) is 0 Å². The molecule has 0 bridgehead atoms. The summed E-state index contributed by atoms with van der Waals surface area (Å²) < 4.78 is 17.2. The molecular weight excluding hydrogens is 666 g/mol. The number of likely N-dealkylation sites (N-methyl/N-ethyl adjacent to an activating group) is 1. The van der Waals surface area contributed by atoms with Gasteiger partial charge < -0.3 is 23.8 Å². The van der Waals surface area contributed by atoms with E-state index >= 15 is 0 Å². The maximum Gasteiger partial charge on any atom is 0.362 e. The van der Waals surface area contributed by atoms with Crippen LogP contribution < -0.4 is 0 Å². The number of quaternary nitrogens is 1. The van der Waals surface area contributed by atoms with Gasteiger partial charge in [0.2, 0.25) is 0 Å². The Labute approximate surface area is 325 Å². The number of carbonyl (C=O) groups is 3. The zero-order valence-electron chi connectivity index (χ0n) is 34.7. The van der Waals surface area contributed by atoms with Gasteiger partial charge >= 0.3 is 17.9 Å². The second kappa shape index (κ2) is 36.3. The molecule has 0 saturated carbocycles. The first-order chi connectivity index (χ1) is 25.6. The molecular formula is C45H80NO7+. The van der Waals surface area contributed by atoms with E-state index in [0.717, 1.165) is 83.5 Å². The van der Waals surface area contributed by atoms with Gasteiger partial charge in [-0.25, -0.2) is 4.79 Å². The lowest BCUT2D eigenvalue weighted by Gasteiger charge is -2.31. The molecule has 0 heterocycles. The number of esters is 2. The first-order valence-electron chi connectivity index (χ1n) is 21.2. The van der Waals surface area contributed by atoms with E-state index in [9.17, 15) is 19.5 Å². The first kappa shape index (κ1) is 50.3. The zero-order valence-corrected chi connectivity index (χ0v) is 34.7. The lowest BCUT2D eigenvalue weighted by atomic mass is 10.1. The van der Waals surface area contributed by atoms with Crippen LogP contribution in [0.15, 0.2) is 48.6 Å². The third kappa shape index (κ3) is 34.8. The molecule has 8 nitrogen and oxygen atoms in total. The van der Waals surface area contributed by atoms with Gasteiger partial charge in [0.15, 0.2) is 12.1 Å². The number of allylic oxidation sites excluding steroid dienone is 8. The fraction of sp³-hybridized carbons (Fsp3) is 0.756. The van der Waals surface area contributed by atoms with Crippen LogP contribution in [0.1, 0.15) is 168 Å². The van der Waals surface area contributed by atoms with Crippen molar-refractivity contribution in [2.24, 2.45) is 0 Å². The Morgan fingerprint density at radius 1 is 0.566 bits per heavy atom. The van der Waals surface area contributed by atoms with Crippen molar-refractivity contribution in [1.82, 2.24) is 0 Å². The SMILES string of the molecule is CCC/C=C\CCCCCCCC(=O)OCC(COCCC(C(=O)O)[N+](C)(C)C)OC(=O)CCCCCCCC/C=C\C/C=C\C/C=C\CCCCC.